The standard InChI is InChI=1S/C110H69B3N6/c1-7-33-77(34-8-1)114-96-52-28-25-49-90(96)111-92-51-27-30-54-98(92)116(79-37-11-3-12-38-79)110-89-64-71(55-56-75(89)67-101(114)104(110)111)72-59-62-99-94(65-72)113-93-61-58-70-31-19-21-45-83(70)106(93)118(81-41-15-5-16-42-81)102-68-76-63-74(57-60-85(76)108(105(102)113)117(99)80-39-13-4-14-40-80)88-69-95-107(87-48-24-23-47-86(87)88)119(82-43-17-6-18-44-82)109-84-46-22-20-32-73(84)66-100-103(109)112(95)91-50-26-29-53-97(91)115(100)78-35-9-2-10-36-78/h1-69H. The van der Waals surface area contributed by atoms with Crippen LogP contribution in [0.15, 0.2) is 419 Å². The molecule has 0 amide bonds. The van der Waals surface area contributed by atoms with Crippen molar-refractivity contribution < 1.29 is 0 Å². The first-order valence-corrected chi connectivity index (χ1v) is 41.5. The number of benzene rings is 20. The Labute approximate surface area is 691 Å². The van der Waals surface area contributed by atoms with Gasteiger partial charge in [-0.05, 0) is 226 Å². The summed E-state index contributed by atoms with van der Waals surface area (Å²) in [4.78, 5) is 15.4. The molecule has 6 heterocycles. The Morgan fingerprint density at radius 2 is 0.496 bits per heavy atom. The highest BCUT2D eigenvalue weighted by Gasteiger charge is 2.49. The van der Waals surface area contributed by atoms with Crippen molar-refractivity contribution in [3.05, 3.63) is 419 Å². The lowest BCUT2D eigenvalue weighted by Gasteiger charge is -2.45. The summed E-state index contributed by atoms with van der Waals surface area (Å²) < 4.78 is 0. The fraction of sp³-hybridized carbons (Fsp3) is 0. The van der Waals surface area contributed by atoms with E-state index in [-0.39, 0.29) is 20.1 Å². The van der Waals surface area contributed by atoms with Crippen molar-refractivity contribution in [3.8, 4) is 22.3 Å². The van der Waals surface area contributed by atoms with Crippen LogP contribution in [-0.4, -0.2) is 20.1 Å². The molecule has 0 N–H and O–H groups in total. The average Bonchev–Trinajstić information content (AvgIpc) is 0.694. The second kappa shape index (κ2) is 25.6. The van der Waals surface area contributed by atoms with Gasteiger partial charge in [0.2, 0.25) is 0 Å². The van der Waals surface area contributed by atoms with E-state index in [2.05, 4.69) is 448 Å². The van der Waals surface area contributed by atoms with Crippen molar-refractivity contribution in [2.24, 2.45) is 0 Å². The highest BCUT2D eigenvalue weighted by molar-refractivity contribution is 7.02. The molecular formula is C110H69B3N6. The van der Waals surface area contributed by atoms with Crippen LogP contribution in [0.4, 0.5) is 102 Å². The van der Waals surface area contributed by atoms with Crippen LogP contribution in [0.2, 0.25) is 0 Å². The molecule has 0 unspecified atom stereocenters. The molecule has 0 aromatic heterocycles. The number of rotatable bonds is 8. The van der Waals surface area contributed by atoms with Gasteiger partial charge in [-0.1, -0.05) is 291 Å². The van der Waals surface area contributed by atoms with Crippen LogP contribution >= 0.6 is 0 Å². The van der Waals surface area contributed by atoms with E-state index in [9.17, 15) is 0 Å². The number of hydrogen-bond donors (Lipinski definition) is 0. The SMILES string of the molecule is c1ccc(N2c3ccccc3B3c4ccccc4N(c4ccccc4)c4c3c2cc2ccc(-c3ccc5c(c3)B3c6ccc7ccccc7c6N(c6ccccc6)c6cc7cc(-c8cc9c(c%10ccccc8%10)N(c8ccccc8)c8c%10c(cc%11ccccc8%11)N(c8ccccc8)c8ccccc8B9%10)ccc7c(c63)N5c3ccccc3)cc42)cc1. The lowest BCUT2D eigenvalue weighted by molar-refractivity contribution is 1.26. The maximum atomic E-state index is 2.61. The van der Waals surface area contributed by atoms with Gasteiger partial charge >= 0.3 is 0 Å². The third-order valence-electron chi connectivity index (χ3n) is 26.4. The highest BCUT2D eigenvalue weighted by Crippen LogP contribution is 2.55. The molecular weight excluding hydrogens is 1440 g/mol. The van der Waals surface area contributed by atoms with E-state index in [1.54, 1.807) is 0 Å². The molecule has 20 aromatic rings. The monoisotopic (exact) mass is 1510 g/mol. The van der Waals surface area contributed by atoms with Crippen LogP contribution in [0.1, 0.15) is 0 Å². The number of anilines is 18. The first-order valence-electron chi connectivity index (χ1n) is 41.5. The number of para-hydroxylation sites is 9. The quantitative estimate of drug-likeness (QED) is 0.140. The smallest absolute Gasteiger partial charge is 0.252 e. The number of fused-ring (bicyclic) bond motifs is 22. The third kappa shape index (κ3) is 9.52. The Morgan fingerprint density at radius 3 is 1.06 bits per heavy atom. The van der Waals surface area contributed by atoms with E-state index in [0.717, 1.165) is 67.6 Å². The molecule has 20 aromatic carbocycles. The zero-order valence-corrected chi connectivity index (χ0v) is 64.8. The molecule has 6 aliphatic rings. The summed E-state index contributed by atoms with van der Waals surface area (Å²) in [5.41, 5.74) is 37.2. The summed E-state index contributed by atoms with van der Waals surface area (Å²) in [5, 5.41) is 11.9. The molecule has 0 spiro atoms. The molecule has 6 aliphatic heterocycles. The first kappa shape index (κ1) is 66.0. The molecule has 0 radical (unpaired) electrons. The summed E-state index contributed by atoms with van der Waals surface area (Å²) >= 11 is 0. The van der Waals surface area contributed by atoms with Gasteiger partial charge in [-0.15, -0.1) is 0 Å². The van der Waals surface area contributed by atoms with Gasteiger partial charge in [-0.25, -0.2) is 0 Å². The molecule has 0 atom stereocenters. The lowest BCUT2D eigenvalue weighted by atomic mass is 9.33. The van der Waals surface area contributed by atoms with Gasteiger partial charge in [0, 0.05) is 112 Å². The maximum Gasteiger partial charge on any atom is 0.252 e. The van der Waals surface area contributed by atoms with Crippen molar-refractivity contribution in [1.82, 2.24) is 0 Å². The molecule has 0 bridgehead atoms. The molecule has 0 fully saturated rings. The van der Waals surface area contributed by atoms with Crippen LogP contribution in [0.5, 0.6) is 0 Å². The molecule has 548 valence electrons. The second-order valence-corrected chi connectivity index (χ2v) is 32.5. The summed E-state index contributed by atoms with van der Waals surface area (Å²) in [6.07, 6.45) is 0. The molecule has 0 aliphatic carbocycles. The van der Waals surface area contributed by atoms with E-state index in [0.29, 0.717) is 0 Å². The van der Waals surface area contributed by atoms with Crippen LogP contribution in [0, 0.1) is 0 Å². The highest BCUT2D eigenvalue weighted by atomic mass is 15.2. The fourth-order valence-electron chi connectivity index (χ4n) is 21.6. The Hall–Kier alpha value is -15.3. The van der Waals surface area contributed by atoms with Crippen molar-refractivity contribution in [2.75, 3.05) is 29.4 Å². The van der Waals surface area contributed by atoms with Crippen molar-refractivity contribution in [1.29, 1.82) is 0 Å². The zero-order valence-electron chi connectivity index (χ0n) is 64.8. The van der Waals surface area contributed by atoms with Crippen LogP contribution in [0.3, 0.4) is 0 Å². The van der Waals surface area contributed by atoms with Gasteiger partial charge in [0.15, 0.2) is 0 Å². The van der Waals surface area contributed by atoms with Gasteiger partial charge in [0.1, 0.15) is 0 Å². The Kier molecular flexibility index (Phi) is 14.2. The van der Waals surface area contributed by atoms with Crippen molar-refractivity contribution in [3.63, 3.8) is 0 Å². The van der Waals surface area contributed by atoms with E-state index in [1.807, 2.05) is 0 Å². The van der Waals surface area contributed by atoms with E-state index < -0.39 is 0 Å². The molecule has 6 nitrogen and oxygen atoms in total. The minimum atomic E-state index is -0.194. The van der Waals surface area contributed by atoms with Gasteiger partial charge in [-0.2, -0.15) is 0 Å². The minimum absolute atomic E-state index is 0.0229. The first-order chi connectivity index (χ1) is 59.1. The molecule has 9 heteroatoms. The van der Waals surface area contributed by atoms with Crippen LogP contribution < -0.4 is 78.6 Å². The Bertz CT molecular complexity index is 7670. The van der Waals surface area contributed by atoms with E-state index >= 15 is 0 Å². The summed E-state index contributed by atoms with van der Waals surface area (Å²) in [6.45, 7) is -0.340. The summed E-state index contributed by atoms with van der Waals surface area (Å²) in [5.74, 6) is 0. The molecule has 26 rings (SSSR count). The van der Waals surface area contributed by atoms with Crippen molar-refractivity contribution in [2.45, 2.75) is 0 Å². The van der Waals surface area contributed by atoms with Crippen molar-refractivity contribution >= 4 is 226 Å². The van der Waals surface area contributed by atoms with Gasteiger partial charge in [-0.3, -0.25) is 0 Å². The summed E-state index contributed by atoms with van der Waals surface area (Å²) in [7, 11) is 0. The van der Waals surface area contributed by atoms with Gasteiger partial charge < -0.3 is 29.4 Å². The van der Waals surface area contributed by atoms with Crippen LogP contribution in [0.25, 0.3) is 76.1 Å². The zero-order chi connectivity index (χ0) is 77.7. The normalized spacial score (nSPS) is 13.6. The predicted octanol–water partition coefficient (Wildman–Crippen LogP) is 23.0. The minimum Gasteiger partial charge on any atom is -0.311 e. The van der Waals surface area contributed by atoms with E-state index in [4.69, 9.17) is 0 Å². The van der Waals surface area contributed by atoms with E-state index in [1.165, 1.54) is 160 Å². The maximum absolute atomic E-state index is 2.61. The van der Waals surface area contributed by atoms with Gasteiger partial charge in [0.05, 0.1) is 17.1 Å². The lowest BCUT2D eigenvalue weighted by Crippen LogP contribution is -2.61. The van der Waals surface area contributed by atoms with Crippen LogP contribution in [-0.2, 0) is 0 Å². The largest absolute Gasteiger partial charge is 0.311 e. The third-order valence-corrected chi connectivity index (χ3v) is 26.4. The van der Waals surface area contributed by atoms with Gasteiger partial charge in [0.25, 0.3) is 20.1 Å². The molecule has 0 saturated carbocycles. The molecule has 119 heavy (non-hydrogen) atoms. The molecule has 0 saturated heterocycles. The fourth-order valence-corrected chi connectivity index (χ4v) is 21.6. The second-order valence-electron chi connectivity index (χ2n) is 32.5. The predicted molar refractivity (Wildman–Crippen MR) is 507 cm³/mol. The topological polar surface area (TPSA) is 19.4 Å². The number of nitrogens with zero attached hydrogens (tertiary/aromatic N) is 6. The number of hydrogen-bond acceptors (Lipinski definition) is 6. The Balaban J connectivity index is 0.713. The average molecular weight is 1510 g/mol. The Morgan fingerprint density at radius 1 is 0.151 bits per heavy atom. The summed E-state index contributed by atoms with van der Waals surface area (Å²) in [6, 6.07) is 158.